The second-order valence-electron chi connectivity index (χ2n) is 4.14. The average Bonchev–Trinajstić information content (AvgIpc) is 2.49. The van der Waals surface area contributed by atoms with E-state index in [0.29, 0.717) is 6.54 Å². The van der Waals surface area contributed by atoms with Crippen LogP contribution in [0.1, 0.15) is 25.2 Å². The van der Waals surface area contributed by atoms with Crippen LogP contribution in [0.15, 0.2) is 16.7 Å². The van der Waals surface area contributed by atoms with Gasteiger partial charge in [0.1, 0.15) is 5.76 Å². The molecule has 1 amide bonds. The molecule has 0 aliphatic rings. The predicted octanol–water partition coefficient (Wildman–Crippen LogP) is 2.72. The molecule has 1 aromatic rings. The fraction of sp³-hybridized carbons (Fsp3) is 0.545. The third-order valence-electron chi connectivity index (χ3n) is 2.23. The molecule has 3 nitrogen and oxygen atoms in total. The minimum Gasteiger partial charge on any atom is -0.469 e. The molecular weight excluding hydrogens is 258 g/mol. The number of rotatable bonds is 3. The molecule has 1 heterocycles. The molecule has 0 saturated carbocycles. The standard InChI is InChI=1S/C11H16BrNO2/c1-8-9(5-6-15-8)7-13(4)10(14)11(2,3)12/h5-6H,7H2,1-4H3. The lowest BCUT2D eigenvalue weighted by atomic mass is 10.1. The monoisotopic (exact) mass is 273 g/mol. The van der Waals surface area contributed by atoms with Crippen LogP contribution >= 0.6 is 15.9 Å². The summed E-state index contributed by atoms with van der Waals surface area (Å²) in [6.45, 7) is 6.16. The predicted molar refractivity (Wildman–Crippen MR) is 62.9 cm³/mol. The fourth-order valence-electron chi connectivity index (χ4n) is 1.36. The number of carbonyl (C=O) groups excluding carboxylic acids is 1. The Balaban J connectivity index is 2.68. The van der Waals surface area contributed by atoms with Crippen LogP contribution in [0.25, 0.3) is 0 Å². The molecule has 0 bridgehead atoms. The van der Waals surface area contributed by atoms with E-state index in [4.69, 9.17) is 4.42 Å². The first-order valence-electron chi connectivity index (χ1n) is 4.80. The van der Waals surface area contributed by atoms with Crippen LogP contribution < -0.4 is 0 Å². The smallest absolute Gasteiger partial charge is 0.238 e. The zero-order chi connectivity index (χ0) is 11.6. The Morgan fingerprint density at radius 3 is 2.60 bits per heavy atom. The van der Waals surface area contributed by atoms with Crippen molar-refractivity contribution in [3.05, 3.63) is 23.7 Å². The molecular formula is C11H16BrNO2. The van der Waals surface area contributed by atoms with Gasteiger partial charge in [-0.1, -0.05) is 15.9 Å². The maximum atomic E-state index is 11.9. The van der Waals surface area contributed by atoms with Gasteiger partial charge in [-0.25, -0.2) is 0 Å². The summed E-state index contributed by atoms with van der Waals surface area (Å²) in [6.07, 6.45) is 1.64. The largest absolute Gasteiger partial charge is 0.469 e. The van der Waals surface area contributed by atoms with Gasteiger partial charge in [0, 0.05) is 19.2 Å². The van der Waals surface area contributed by atoms with Gasteiger partial charge in [0.05, 0.1) is 10.6 Å². The Labute approximate surface area is 98.6 Å². The van der Waals surface area contributed by atoms with Gasteiger partial charge in [0.25, 0.3) is 0 Å². The summed E-state index contributed by atoms with van der Waals surface area (Å²) >= 11 is 3.35. The van der Waals surface area contributed by atoms with Gasteiger partial charge in [-0.15, -0.1) is 0 Å². The minimum absolute atomic E-state index is 0.0584. The Hall–Kier alpha value is -0.770. The Morgan fingerprint density at radius 2 is 2.20 bits per heavy atom. The average molecular weight is 274 g/mol. The molecule has 15 heavy (non-hydrogen) atoms. The summed E-state index contributed by atoms with van der Waals surface area (Å²) in [4.78, 5) is 13.5. The molecule has 0 aromatic carbocycles. The molecule has 0 N–H and O–H groups in total. The van der Waals surface area contributed by atoms with Crippen molar-refractivity contribution in [3.8, 4) is 0 Å². The van der Waals surface area contributed by atoms with Crippen LogP contribution in [0, 0.1) is 6.92 Å². The third-order valence-corrected chi connectivity index (χ3v) is 2.57. The molecule has 0 radical (unpaired) electrons. The lowest BCUT2D eigenvalue weighted by molar-refractivity contribution is -0.131. The van der Waals surface area contributed by atoms with Gasteiger partial charge in [-0.3, -0.25) is 4.79 Å². The molecule has 0 spiro atoms. The third kappa shape index (κ3) is 3.09. The lowest BCUT2D eigenvalue weighted by Crippen LogP contribution is -2.38. The van der Waals surface area contributed by atoms with Crippen molar-refractivity contribution >= 4 is 21.8 Å². The number of amides is 1. The van der Waals surface area contributed by atoms with Gasteiger partial charge >= 0.3 is 0 Å². The Morgan fingerprint density at radius 1 is 1.60 bits per heavy atom. The number of aryl methyl sites for hydroxylation is 1. The number of furan rings is 1. The van der Waals surface area contributed by atoms with E-state index in [9.17, 15) is 4.79 Å². The summed E-state index contributed by atoms with van der Waals surface area (Å²) in [7, 11) is 1.79. The van der Waals surface area contributed by atoms with Crippen LogP contribution in [-0.2, 0) is 11.3 Å². The second kappa shape index (κ2) is 4.39. The van der Waals surface area contributed by atoms with Gasteiger partial charge in [0.15, 0.2) is 0 Å². The van der Waals surface area contributed by atoms with Crippen molar-refractivity contribution in [1.82, 2.24) is 4.90 Å². The van der Waals surface area contributed by atoms with Crippen LogP contribution in [-0.4, -0.2) is 22.2 Å². The highest BCUT2D eigenvalue weighted by Crippen LogP contribution is 2.20. The number of nitrogens with zero attached hydrogens (tertiary/aromatic N) is 1. The maximum Gasteiger partial charge on any atom is 0.238 e. The van der Waals surface area contributed by atoms with Gasteiger partial charge in [0.2, 0.25) is 5.91 Å². The van der Waals surface area contributed by atoms with Crippen LogP contribution in [0.5, 0.6) is 0 Å². The summed E-state index contributed by atoms with van der Waals surface area (Å²) in [5, 5.41) is 0. The summed E-state index contributed by atoms with van der Waals surface area (Å²) < 4.78 is 4.67. The zero-order valence-electron chi connectivity index (χ0n) is 9.50. The topological polar surface area (TPSA) is 33.5 Å². The molecule has 0 unspecified atom stereocenters. The molecule has 0 fully saturated rings. The van der Waals surface area contributed by atoms with E-state index in [0.717, 1.165) is 11.3 Å². The van der Waals surface area contributed by atoms with E-state index in [2.05, 4.69) is 15.9 Å². The van der Waals surface area contributed by atoms with Gasteiger partial charge in [-0.2, -0.15) is 0 Å². The number of hydrogen-bond acceptors (Lipinski definition) is 2. The molecule has 0 aliphatic carbocycles. The van der Waals surface area contributed by atoms with Gasteiger partial charge < -0.3 is 9.32 Å². The van der Waals surface area contributed by atoms with E-state index in [1.165, 1.54) is 0 Å². The molecule has 0 saturated heterocycles. The SMILES string of the molecule is Cc1occc1CN(C)C(=O)C(C)(C)Br. The fourth-order valence-corrected chi connectivity index (χ4v) is 1.66. The van der Waals surface area contributed by atoms with Crippen molar-refractivity contribution in [3.63, 3.8) is 0 Å². The normalized spacial score (nSPS) is 11.5. The maximum absolute atomic E-state index is 11.9. The van der Waals surface area contributed by atoms with Crippen molar-refractivity contribution in [2.45, 2.75) is 31.6 Å². The van der Waals surface area contributed by atoms with E-state index in [1.807, 2.05) is 26.8 Å². The highest BCUT2D eigenvalue weighted by atomic mass is 79.9. The van der Waals surface area contributed by atoms with Gasteiger partial charge in [-0.05, 0) is 26.8 Å². The molecule has 84 valence electrons. The molecule has 0 aliphatic heterocycles. The molecule has 4 heteroatoms. The number of carbonyl (C=O) groups is 1. The van der Waals surface area contributed by atoms with Crippen molar-refractivity contribution in [2.24, 2.45) is 0 Å². The van der Waals surface area contributed by atoms with Crippen molar-refractivity contribution in [2.75, 3.05) is 7.05 Å². The Kier molecular flexibility index (Phi) is 3.60. The first kappa shape index (κ1) is 12.3. The van der Waals surface area contributed by atoms with Crippen LogP contribution in [0.3, 0.4) is 0 Å². The van der Waals surface area contributed by atoms with Crippen molar-refractivity contribution < 1.29 is 9.21 Å². The van der Waals surface area contributed by atoms with Crippen LogP contribution in [0.2, 0.25) is 0 Å². The number of halogens is 1. The number of alkyl halides is 1. The minimum atomic E-state index is -0.514. The molecule has 1 rings (SSSR count). The summed E-state index contributed by atoms with van der Waals surface area (Å²) in [5.41, 5.74) is 1.04. The lowest BCUT2D eigenvalue weighted by Gasteiger charge is -2.24. The van der Waals surface area contributed by atoms with E-state index < -0.39 is 4.32 Å². The van der Waals surface area contributed by atoms with E-state index >= 15 is 0 Å². The summed E-state index contributed by atoms with van der Waals surface area (Å²) in [6, 6.07) is 1.89. The highest BCUT2D eigenvalue weighted by Gasteiger charge is 2.27. The first-order valence-corrected chi connectivity index (χ1v) is 5.59. The molecule has 1 aromatic heterocycles. The highest BCUT2D eigenvalue weighted by molar-refractivity contribution is 9.10. The molecule has 0 atom stereocenters. The van der Waals surface area contributed by atoms with E-state index in [-0.39, 0.29) is 5.91 Å². The van der Waals surface area contributed by atoms with Crippen LogP contribution in [0.4, 0.5) is 0 Å². The zero-order valence-corrected chi connectivity index (χ0v) is 11.1. The summed E-state index contributed by atoms with van der Waals surface area (Å²) in [5.74, 6) is 0.921. The van der Waals surface area contributed by atoms with Crippen molar-refractivity contribution in [1.29, 1.82) is 0 Å². The first-order chi connectivity index (χ1) is 6.82. The van der Waals surface area contributed by atoms with E-state index in [1.54, 1.807) is 18.2 Å². The number of hydrogen-bond donors (Lipinski definition) is 0. The Bertz CT molecular complexity index is 352. The second-order valence-corrected chi connectivity index (χ2v) is 6.12. The quantitative estimate of drug-likeness (QED) is 0.794.